The summed E-state index contributed by atoms with van der Waals surface area (Å²) in [6.07, 6.45) is 1.32. The Balaban J connectivity index is 1.51. The van der Waals surface area contributed by atoms with E-state index in [2.05, 4.69) is 9.97 Å². The van der Waals surface area contributed by atoms with Crippen LogP contribution in [0, 0.1) is 5.82 Å². The third-order valence-electron chi connectivity index (χ3n) is 4.86. The minimum Gasteiger partial charge on any atom is -0.481 e. The average molecular weight is 478 g/mol. The number of aromatic nitrogens is 2. The standard InChI is InChI=1S/C25H20FN3O4S/c1-32-22-12-9-19(13-27-22)24(31)33-15-23(30)29(14-17-5-3-2-4-6-17)25-28-21(16-34-25)18-7-10-20(26)11-8-18/h2-13,16H,14-15H2,1H3. The highest BCUT2D eigenvalue weighted by molar-refractivity contribution is 7.14. The number of amides is 1. The van der Waals surface area contributed by atoms with E-state index in [0.717, 1.165) is 11.1 Å². The second-order valence-corrected chi connectivity index (χ2v) is 7.99. The summed E-state index contributed by atoms with van der Waals surface area (Å²) in [5.41, 5.74) is 2.44. The van der Waals surface area contributed by atoms with Gasteiger partial charge in [0.05, 0.1) is 24.9 Å². The summed E-state index contributed by atoms with van der Waals surface area (Å²) in [6.45, 7) is -0.221. The number of rotatable bonds is 8. The van der Waals surface area contributed by atoms with E-state index in [0.29, 0.717) is 16.7 Å². The SMILES string of the molecule is COc1ccc(C(=O)OCC(=O)N(Cc2ccccc2)c2nc(-c3ccc(F)cc3)cs2)cn1. The molecule has 0 atom stereocenters. The molecular weight excluding hydrogens is 457 g/mol. The summed E-state index contributed by atoms with van der Waals surface area (Å²) in [5, 5.41) is 2.23. The van der Waals surface area contributed by atoms with Crippen LogP contribution in [-0.2, 0) is 16.1 Å². The van der Waals surface area contributed by atoms with Crippen LogP contribution in [0.5, 0.6) is 5.88 Å². The highest BCUT2D eigenvalue weighted by Gasteiger charge is 2.22. The molecule has 0 N–H and O–H groups in total. The molecule has 0 aliphatic carbocycles. The van der Waals surface area contributed by atoms with E-state index < -0.39 is 18.5 Å². The van der Waals surface area contributed by atoms with Crippen molar-refractivity contribution in [2.24, 2.45) is 0 Å². The number of pyridine rings is 1. The van der Waals surface area contributed by atoms with Crippen LogP contribution in [-0.4, -0.2) is 35.6 Å². The number of carbonyl (C=O) groups excluding carboxylic acids is 2. The molecule has 0 bridgehead atoms. The summed E-state index contributed by atoms with van der Waals surface area (Å²) in [7, 11) is 1.47. The van der Waals surface area contributed by atoms with Crippen molar-refractivity contribution in [3.8, 4) is 17.1 Å². The molecule has 9 heteroatoms. The van der Waals surface area contributed by atoms with E-state index in [-0.39, 0.29) is 17.9 Å². The predicted molar refractivity (Wildman–Crippen MR) is 126 cm³/mol. The van der Waals surface area contributed by atoms with Gasteiger partial charge in [-0.25, -0.2) is 19.2 Å². The van der Waals surface area contributed by atoms with E-state index in [1.165, 1.54) is 53.8 Å². The van der Waals surface area contributed by atoms with Gasteiger partial charge in [-0.2, -0.15) is 0 Å². The molecule has 0 radical (unpaired) electrons. The zero-order valence-corrected chi connectivity index (χ0v) is 19.0. The Kier molecular flexibility index (Phi) is 7.24. The fourth-order valence-electron chi connectivity index (χ4n) is 3.08. The van der Waals surface area contributed by atoms with Gasteiger partial charge in [0.1, 0.15) is 5.82 Å². The number of hydrogen-bond donors (Lipinski definition) is 0. The molecular formula is C25H20FN3O4S. The Labute approximate surface area is 199 Å². The first-order valence-electron chi connectivity index (χ1n) is 10.3. The molecule has 0 saturated carbocycles. The molecule has 4 aromatic rings. The second kappa shape index (κ2) is 10.7. The van der Waals surface area contributed by atoms with Crippen molar-refractivity contribution in [3.05, 3.63) is 95.3 Å². The Morgan fingerprint density at radius 2 is 1.79 bits per heavy atom. The van der Waals surface area contributed by atoms with E-state index in [1.807, 2.05) is 30.3 Å². The monoisotopic (exact) mass is 477 g/mol. The Bertz CT molecular complexity index is 1260. The third kappa shape index (κ3) is 5.62. The number of ether oxygens (including phenoxy) is 2. The first-order valence-corrected chi connectivity index (χ1v) is 11.1. The maximum absolute atomic E-state index is 13.3. The molecule has 0 unspecified atom stereocenters. The quantitative estimate of drug-likeness (QED) is 0.341. The zero-order valence-electron chi connectivity index (χ0n) is 18.2. The predicted octanol–water partition coefficient (Wildman–Crippen LogP) is 4.74. The molecule has 0 spiro atoms. The number of thiazole rings is 1. The number of nitrogens with zero attached hydrogens (tertiary/aromatic N) is 3. The van der Waals surface area contributed by atoms with Crippen LogP contribution in [0.25, 0.3) is 11.3 Å². The maximum Gasteiger partial charge on any atom is 0.340 e. The summed E-state index contributed by atoms with van der Waals surface area (Å²) in [6, 6.07) is 18.4. The number of halogens is 1. The molecule has 0 aliphatic heterocycles. The minimum atomic E-state index is -0.672. The van der Waals surface area contributed by atoms with E-state index in [4.69, 9.17) is 9.47 Å². The van der Waals surface area contributed by atoms with Gasteiger partial charge in [-0.3, -0.25) is 9.69 Å². The van der Waals surface area contributed by atoms with Crippen LogP contribution < -0.4 is 9.64 Å². The number of methoxy groups -OCH3 is 1. The summed E-state index contributed by atoms with van der Waals surface area (Å²) in [4.78, 5) is 35.5. The Morgan fingerprint density at radius 3 is 2.47 bits per heavy atom. The summed E-state index contributed by atoms with van der Waals surface area (Å²) >= 11 is 1.27. The lowest BCUT2D eigenvalue weighted by Gasteiger charge is -2.20. The van der Waals surface area contributed by atoms with Crippen LogP contribution in [0.1, 0.15) is 15.9 Å². The topological polar surface area (TPSA) is 81.6 Å². The number of carbonyl (C=O) groups is 2. The molecule has 1 amide bonds. The summed E-state index contributed by atoms with van der Waals surface area (Å²) < 4.78 is 23.5. The van der Waals surface area contributed by atoms with Crippen LogP contribution in [0.4, 0.5) is 9.52 Å². The third-order valence-corrected chi connectivity index (χ3v) is 5.72. The zero-order chi connectivity index (χ0) is 23.9. The van der Waals surface area contributed by atoms with Crippen LogP contribution >= 0.6 is 11.3 Å². The second-order valence-electron chi connectivity index (χ2n) is 7.15. The molecule has 2 heterocycles. The van der Waals surface area contributed by atoms with Crippen molar-refractivity contribution in [3.63, 3.8) is 0 Å². The lowest BCUT2D eigenvalue weighted by atomic mass is 10.2. The van der Waals surface area contributed by atoms with Gasteiger partial charge in [0, 0.05) is 23.2 Å². The Morgan fingerprint density at radius 1 is 1.03 bits per heavy atom. The molecule has 172 valence electrons. The Hall–Kier alpha value is -4.11. The fourth-order valence-corrected chi connectivity index (χ4v) is 3.93. The van der Waals surface area contributed by atoms with Gasteiger partial charge >= 0.3 is 5.97 Å². The van der Waals surface area contributed by atoms with Crippen LogP contribution in [0.2, 0.25) is 0 Å². The van der Waals surface area contributed by atoms with Gasteiger partial charge in [0.2, 0.25) is 5.88 Å². The van der Waals surface area contributed by atoms with Crippen molar-refractivity contribution in [1.82, 2.24) is 9.97 Å². The van der Waals surface area contributed by atoms with Crippen LogP contribution in [0.3, 0.4) is 0 Å². The highest BCUT2D eigenvalue weighted by atomic mass is 32.1. The van der Waals surface area contributed by atoms with E-state index >= 15 is 0 Å². The first-order chi connectivity index (χ1) is 16.5. The molecule has 34 heavy (non-hydrogen) atoms. The first kappa shape index (κ1) is 23.1. The average Bonchev–Trinajstić information content (AvgIpc) is 3.36. The molecule has 4 rings (SSSR count). The van der Waals surface area contributed by atoms with E-state index in [1.54, 1.807) is 17.5 Å². The minimum absolute atomic E-state index is 0.205. The lowest BCUT2D eigenvalue weighted by molar-refractivity contribution is -0.121. The van der Waals surface area contributed by atoms with Crippen molar-refractivity contribution in [2.75, 3.05) is 18.6 Å². The number of hydrogen-bond acceptors (Lipinski definition) is 7. The number of esters is 1. The molecule has 0 aliphatic rings. The smallest absolute Gasteiger partial charge is 0.340 e. The fraction of sp³-hybridized carbons (Fsp3) is 0.120. The molecule has 0 saturated heterocycles. The van der Waals surface area contributed by atoms with Gasteiger partial charge in [-0.1, -0.05) is 30.3 Å². The largest absolute Gasteiger partial charge is 0.481 e. The molecule has 2 aromatic carbocycles. The number of benzene rings is 2. The van der Waals surface area contributed by atoms with Gasteiger partial charge in [0.15, 0.2) is 11.7 Å². The van der Waals surface area contributed by atoms with Crippen molar-refractivity contribution >= 4 is 28.3 Å². The van der Waals surface area contributed by atoms with Crippen molar-refractivity contribution < 1.29 is 23.5 Å². The van der Waals surface area contributed by atoms with E-state index in [9.17, 15) is 14.0 Å². The highest BCUT2D eigenvalue weighted by Crippen LogP contribution is 2.29. The molecule has 2 aromatic heterocycles. The molecule has 0 fully saturated rings. The summed E-state index contributed by atoms with van der Waals surface area (Å²) in [5.74, 6) is -1.08. The lowest BCUT2D eigenvalue weighted by Crippen LogP contribution is -2.34. The van der Waals surface area contributed by atoms with Gasteiger partial charge in [-0.05, 0) is 35.9 Å². The van der Waals surface area contributed by atoms with Gasteiger partial charge < -0.3 is 9.47 Å². The van der Waals surface area contributed by atoms with Crippen LogP contribution in [0.15, 0.2) is 78.3 Å². The van der Waals surface area contributed by atoms with Gasteiger partial charge in [0.25, 0.3) is 5.91 Å². The van der Waals surface area contributed by atoms with Crippen molar-refractivity contribution in [1.29, 1.82) is 0 Å². The van der Waals surface area contributed by atoms with Crippen molar-refractivity contribution in [2.45, 2.75) is 6.54 Å². The molecule has 7 nitrogen and oxygen atoms in total. The number of anilines is 1. The maximum atomic E-state index is 13.3. The van der Waals surface area contributed by atoms with Gasteiger partial charge in [-0.15, -0.1) is 11.3 Å². The normalized spacial score (nSPS) is 10.5.